The molecule has 0 aromatic heterocycles. The van der Waals surface area contributed by atoms with Crippen molar-refractivity contribution in [1.29, 1.82) is 0 Å². The molecule has 2 aromatic carbocycles. The van der Waals surface area contributed by atoms with E-state index in [1.54, 1.807) is 30.1 Å². The summed E-state index contributed by atoms with van der Waals surface area (Å²) in [4.78, 5) is 14.3. The Morgan fingerprint density at radius 3 is 2.66 bits per heavy atom. The van der Waals surface area contributed by atoms with Gasteiger partial charge in [0.15, 0.2) is 17.9 Å². The van der Waals surface area contributed by atoms with Crippen molar-refractivity contribution < 1.29 is 23.0 Å². The van der Waals surface area contributed by atoms with Crippen LogP contribution in [0.15, 0.2) is 48.5 Å². The number of nitrogens with zero attached hydrogens (tertiary/aromatic N) is 1. The number of ether oxygens (including phenoxy) is 2. The van der Waals surface area contributed by atoms with E-state index in [9.17, 15) is 13.6 Å². The number of hydrogen-bond acceptors (Lipinski definition) is 3. The van der Waals surface area contributed by atoms with Crippen molar-refractivity contribution >= 4 is 5.91 Å². The summed E-state index contributed by atoms with van der Waals surface area (Å²) < 4.78 is 38.6. The minimum absolute atomic E-state index is 0.116. The summed E-state index contributed by atoms with van der Waals surface area (Å²) >= 11 is 0. The summed E-state index contributed by atoms with van der Waals surface area (Å²) in [5, 5.41) is 0. The van der Waals surface area contributed by atoms with Gasteiger partial charge in [0.25, 0.3) is 5.91 Å². The van der Waals surface area contributed by atoms with Crippen LogP contribution in [0.3, 0.4) is 0 Å². The molecule has 0 saturated carbocycles. The fraction of sp³-hybridized carbons (Fsp3) is 0.435. The maximum absolute atomic E-state index is 13.8. The lowest BCUT2D eigenvalue weighted by Gasteiger charge is -2.27. The van der Waals surface area contributed by atoms with Crippen LogP contribution >= 0.6 is 0 Å². The van der Waals surface area contributed by atoms with E-state index in [4.69, 9.17) is 9.47 Å². The number of amides is 1. The van der Waals surface area contributed by atoms with E-state index in [2.05, 4.69) is 0 Å². The van der Waals surface area contributed by atoms with Gasteiger partial charge in [-0.25, -0.2) is 8.78 Å². The summed E-state index contributed by atoms with van der Waals surface area (Å²) in [5.41, 5.74) is 1.23. The topological polar surface area (TPSA) is 38.8 Å². The van der Waals surface area contributed by atoms with Gasteiger partial charge >= 0.3 is 0 Å². The highest BCUT2D eigenvalue weighted by Crippen LogP contribution is 2.24. The molecule has 0 aliphatic carbocycles. The molecule has 29 heavy (non-hydrogen) atoms. The molecular weight excluding hydrogens is 376 g/mol. The molecule has 1 heterocycles. The molecule has 1 fully saturated rings. The Bertz CT molecular complexity index is 794. The molecule has 0 bridgehead atoms. The van der Waals surface area contributed by atoms with Crippen LogP contribution in [0, 0.1) is 11.6 Å². The van der Waals surface area contributed by atoms with E-state index in [-0.39, 0.29) is 18.1 Å². The predicted molar refractivity (Wildman–Crippen MR) is 107 cm³/mol. The van der Waals surface area contributed by atoms with Gasteiger partial charge in [0.05, 0.1) is 6.61 Å². The minimum Gasteiger partial charge on any atom is -0.353 e. The van der Waals surface area contributed by atoms with Gasteiger partial charge in [-0.1, -0.05) is 24.3 Å². The van der Waals surface area contributed by atoms with E-state index >= 15 is 0 Å². The van der Waals surface area contributed by atoms with E-state index < -0.39 is 11.6 Å². The van der Waals surface area contributed by atoms with Gasteiger partial charge in [0, 0.05) is 31.7 Å². The first-order chi connectivity index (χ1) is 14.0. The largest absolute Gasteiger partial charge is 0.353 e. The van der Waals surface area contributed by atoms with Gasteiger partial charge in [-0.3, -0.25) is 4.79 Å². The lowest BCUT2D eigenvalue weighted by Crippen LogP contribution is -2.32. The van der Waals surface area contributed by atoms with Crippen LogP contribution in [0.5, 0.6) is 0 Å². The van der Waals surface area contributed by atoms with Gasteiger partial charge in [-0.15, -0.1) is 0 Å². The predicted octanol–water partition coefficient (Wildman–Crippen LogP) is 4.75. The second-order valence-electron chi connectivity index (χ2n) is 7.38. The third kappa shape index (κ3) is 6.08. The Kier molecular flexibility index (Phi) is 7.72. The molecule has 1 amide bonds. The maximum atomic E-state index is 13.8. The Labute approximate surface area is 170 Å². The van der Waals surface area contributed by atoms with Crippen molar-refractivity contribution in [2.75, 3.05) is 26.8 Å². The average Bonchev–Trinajstić information content (AvgIpc) is 2.75. The lowest BCUT2D eigenvalue weighted by molar-refractivity contribution is -0.163. The molecule has 3 rings (SSSR count). The number of halogens is 2. The van der Waals surface area contributed by atoms with Gasteiger partial charge in [-0.2, -0.15) is 0 Å². The summed E-state index contributed by atoms with van der Waals surface area (Å²) in [5.74, 6) is -2.07. The molecule has 2 aromatic rings. The fourth-order valence-corrected chi connectivity index (χ4v) is 3.53. The number of hydrogen-bond donors (Lipinski definition) is 0. The number of rotatable bonds is 8. The van der Waals surface area contributed by atoms with Crippen LogP contribution < -0.4 is 0 Å². The van der Waals surface area contributed by atoms with Crippen LogP contribution in [-0.4, -0.2) is 43.9 Å². The zero-order valence-electron chi connectivity index (χ0n) is 16.7. The summed E-state index contributed by atoms with van der Waals surface area (Å²) in [6.45, 7) is 1.49. The molecule has 0 N–H and O–H groups in total. The number of likely N-dealkylation sites (N-methyl/N-ethyl adjacent to an activating group) is 1. The van der Waals surface area contributed by atoms with E-state index in [1.807, 2.05) is 18.2 Å². The summed E-state index contributed by atoms with van der Waals surface area (Å²) in [6.07, 6.45) is 3.34. The second-order valence-corrected chi connectivity index (χ2v) is 7.38. The highest BCUT2D eigenvalue weighted by Gasteiger charge is 2.21. The van der Waals surface area contributed by atoms with Crippen molar-refractivity contribution in [2.24, 2.45) is 0 Å². The van der Waals surface area contributed by atoms with Crippen LogP contribution in [0.4, 0.5) is 8.78 Å². The Hall–Kier alpha value is -2.31. The first-order valence-corrected chi connectivity index (χ1v) is 10.0. The summed E-state index contributed by atoms with van der Waals surface area (Å²) in [6, 6.07) is 12.9. The maximum Gasteiger partial charge on any atom is 0.253 e. The Morgan fingerprint density at radius 2 is 1.97 bits per heavy atom. The third-order valence-electron chi connectivity index (χ3n) is 5.18. The first-order valence-electron chi connectivity index (χ1n) is 10.0. The van der Waals surface area contributed by atoms with Crippen LogP contribution in [-0.2, 0) is 9.47 Å². The second kappa shape index (κ2) is 10.5. The Balaban J connectivity index is 1.67. The zero-order valence-corrected chi connectivity index (χ0v) is 16.7. The van der Waals surface area contributed by atoms with Crippen molar-refractivity contribution in [3.8, 4) is 0 Å². The normalized spacial score (nSPS) is 17.7. The SMILES string of the molecule is CN(CC(CCOC1CCCCO1)c1ccc(F)c(F)c1)C(=O)c1ccccc1. The highest BCUT2D eigenvalue weighted by molar-refractivity contribution is 5.94. The molecule has 0 radical (unpaired) electrons. The third-order valence-corrected chi connectivity index (χ3v) is 5.18. The molecule has 1 saturated heterocycles. The molecule has 0 spiro atoms. The molecule has 2 atom stereocenters. The fourth-order valence-electron chi connectivity index (χ4n) is 3.53. The molecule has 4 nitrogen and oxygen atoms in total. The average molecular weight is 403 g/mol. The highest BCUT2D eigenvalue weighted by atomic mass is 19.2. The van der Waals surface area contributed by atoms with E-state index in [0.29, 0.717) is 37.3 Å². The summed E-state index contributed by atoms with van der Waals surface area (Å²) in [7, 11) is 1.72. The first kappa shape index (κ1) is 21.4. The van der Waals surface area contributed by atoms with Crippen molar-refractivity contribution in [3.05, 3.63) is 71.3 Å². The number of carbonyl (C=O) groups is 1. The number of benzene rings is 2. The van der Waals surface area contributed by atoms with Gasteiger partial charge in [0.2, 0.25) is 0 Å². The van der Waals surface area contributed by atoms with Gasteiger partial charge in [0.1, 0.15) is 0 Å². The molecule has 2 unspecified atom stereocenters. The zero-order chi connectivity index (χ0) is 20.6. The molecule has 6 heteroatoms. The molecule has 1 aliphatic heterocycles. The van der Waals surface area contributed by atoms with Crippen LogP contribution in [0.1, 0.15) is 47.5 Å². The monoisotopic (exact) mass is 403 g/mol. The van der Waals surface area contributed by atoms with Crippen molar-refractivity contribution in [1.82, 2.24) is 4.90 Å². The van der Waals surface area contributed by atoms with Gasteiger partial charge < -0.3 is 14.4 Å². The molecule has 156 valence electrons. The number of carbonyl (C=O) groups excluding carboxylic acids is 1. The standard InChI is InChI=1S/C23H27F2NO3/c1-26(23(27)17-7-3-2-4-8-17)16-19(18-10-11-20(24)21(25)15-18)12-14-29-22-9-5-6-13-28-22/h2-4,7-8,10-11,15,19,22H,5-6,9,12-14,16H2,1H3. The van der Waals surface area contributed by atoms with Crippen molar-refractivity contribution in [2.45, 2.75) is 37.9 Å². The van der Waals surface area contributed by atoms with Gasteiger partial charge in [-0.05, 0) is 55.5 Å². The minimum atomic E-state index is -0.888. The lowest BCUT2D eigenvalue weighted by atomic mass is 9.95. The quantitative estimate of drug-likeness (QED) is 0.638. The van der Waals surface area contributed by atoms with Crippen molar-refractivity contribution in [3.63, 3.8) is 0 Å². The molecular formula is C23H27F2NO3. The van der Waals surface area contributed by atoms with Crippen LogP contribution in [0.25, 0.3) is 0 Å². The van der Waals surface area contributed by atoms with Crippen LogP contribution in [0.2, 0.25) is 0 Å². The molecule has 1 aliphatic rings. The van der Waals surface area contributed by atoms with E-state index in [1.165, 1.54) is 6.07 Å². The van der Waals surface area contributed by atoms with E-state index in [0.717, 1.165) is 25.3 Å². The Morgan fingerprint density at radius 1 is 1.17 bits per heavy atom. The smallest absolute Gasteiger partial charge is 0.253 e.